The van der Waals surface area contributed by atoms with Crippen LogP contribution in [0.1, 0.15) is 18.1 Å². The van der Waals surface area contributed by atoms with Gasteiger partial charge in [-0.2, -0.15) is 0 Å². The monoisotopic (exact) mass is 374 g/mol. The lowest BCUT2D eigenvalue weighted by Crippen LogP contribution is -2.42. The molecule has 0 aliphatic heterocycles. The summed E-state index contributed by atoms with van der Waals surface area (Å²) < 4.78 is 5.71. The van der Waals surface area contributed by atoms with Crippen LogP contribution in [0.5, 0.6) is 5.75 Å². The van der Waals surface area contributed by atoms with E-state index in [1.807, 2.05) is 38.1 Å². The molecule has 2 aromatic carbocycles. The molecule has 2 aromatic rings. The highest BCUT2D eigenvalue weighted by Gasteiger charge is 2.21. The van der Waals surface area contributed by atoms with Crippen molar-refractivity contribution in [3.05, 3.63) is 58.6 Å². The topological polar surface area (TPSA) is 58.6 Å². The number of carbonyl (C=O) groups is 2. The molecule has 1 N–H and O–H groups in total. The van der Waals surface area contributed by atoms with Gasteiger partial charge in [-0.3, -0.25) is 9.59 Å². The van der Waals surface area contributed by atoms with Gasteiger partial charge in [0.05, 0.1) is 6.54 Å². The fourth-order valence-electron chi connectivity index (χ4n) is 2.43. The molecule has 0 fully saturated rings. The smallest absolute Gasteiger partial charge is 0.263 e. The van der Waals surface area contributed by atoms with Gasteiger partial charge in [-0.1, -0.05) is 29.3 Å². The van der Waals surface area contributed by atoms with Crippen molar-refractivity contribution >= 4 is 29.1 Å². The van der Waals surface area contributed by atoms with Crippen LogP contribution in [0.3, 0.4) is 0 Å². The Bertz CT molecular complexity index is 790. The zero-order chi connectivity index (χ0) is 19.3. The summed E-state index contributed by atoms with van der Waals surface area (Å²) in [7, 11) is 1.58. The number of hydrogen-bond donors (Lipinski definition) is 1. The quantitative estimate of drug-likeness (QED) is 0.836. The van der Waals surface area contributed by atoms with Crippen LogP contribution in [0.2, 0.25) is 5.02 Å². The Morgan fingerprint density at radius 2 is 1.81 bits per heavy atom. The number of likely N-dealkylation sites (N-methyl/N-ethyl adjacent to an activating group) is 1. The summed E-state index contributed by atoms with van der Waals surface area (Å²) in [6.45, 7) is 5.43. The fraction of sp³-hybridized carbons (Fsp3) is 0.300. The first-order valence-corrected chi connectivity index (χ1v) is 8.68. The molecule has 0 aliphatic carbocycles. The molecule has 5 nitrogen and oxygen atoms in total. The molecule has 2 rings (SSSR count). The minimum absolute atomic E-state index is 0.0555. The van der Waals surface area contributed by atoms with Gasteiger partial charge in [0.15, 0.2) is 6.10 Å². The fourth-order valence-corrected chi connectivity index (χ4v) is 2.65. The summed E-state index contributed by atoms with van der Waals surface area (Å²) >= 11 is 5.92. The first kappa shape index (κ1) is 19.8. The molecule has 26 heavy (non-hydrogen) atoms. The summed E-state index contributed by atoms with van der Waals surface area (Å²) in [6, 6.07) is 12.7. The van der Waals surface area contributed by atoms with Gasteiger partial charge in [0.25, 0.3) is 5.91 Å². The lowest BCUT2D eigenvalue weighted by Gasteiger charge is -2.22. The van der Waals surface area contributed by atoms with E-state index in [4.69, 9.17) is 16.3 Å². The van der Waals surface area contributed by atoms with Crippen molar-refractivity contribution in [2.24, 2.45) is 0 Å². The van der Waals surface area contributed by atoms with E-state index in [0.29, 0.717) is 16.5 Å². The van der Waals surface area contributed by atoms with Crippen molar-refractivity contribution < 1.29 is 14.3 Å². The molecule has 2 amide bonds. The second kappa shape index (κ2) is 8.72. The molecular formula is C20H23ClN2O3. The van der Waals surface area contributed by atoms with Crippen LogP contribution >= 0.6 is 11.6 Å². The molecule has 138 valence electrons. The van der Waals surface area contributed by atoms with E-state index in [0.717, 1.165) is 11.1 Å². The van der Waals surface area contributed by atoms with Gasteiger partial charge >= 0.3 is 0 Å². The van der Waals surface area contributed by atoms with E-state index in [1.165, 1.54) is 4.90 Å². The molecule has 0 spiro atoms. The minimum atomic E-state index is -0.716. The highest BCUT2D eigenvalue weighted by Crippen LogP contribution is 2.23. The minimum Gasteiger partial charge on any atom is -0.481 e. The molecule has 0 bridgehead atoms. The van der Waals surface area contributed by atoms with Crippen LogP contribution in [0.25, 0.3) is 0 Å². The second-order valence-corrected chi connectivity index (χ2v) is 6.71. The Kier molecular flexibility index (Phi) is 6.64. The number of ether oxygens (including phenoxy) is 1. The van der Waals surface area contributed by atoms with Gasteiger partial charge in [0, 0.05) is 17.8 Å². The third-order valence-corrected chi connectivity index (χ3v) is 4.12. The molecule has 6 heteroatoms. The summed E-state index contributed by atoms with van der Waals surface area (Å²) in [5.41, 5.74) is 2.65. The van der Waals surface area contributed by atoms with Crippen molar-refractivity contribution in [3.63, 3.8) is 0 Å². The maximum atomic E-state index is 12.5. The lowest BCUT2D eigenvalue weighted by atomic mass is 10.2. The largest absolute Gasteiger partial charge is 0.481 e. The van der Waals surface area contributed by atoms with Crippen LogP contribution in [0.4, 0.5) is 5.69 Å². The number of halogens is 1. The molecule has 0 heterocycles. The number of benzene rings is 2. The third kappa shape index (κ3) is 5.49. The van der Waals surface area contributed by atoms with Crippen molar-refractivity contribution in [2.75, 3.05) is 18.9 Å². The standard InChI is InChI=1S/C20H23ClN2O3/c1-13-5-8-17(9-6-13)22-19(24)12-23(4)20(25)15(3)26-18-10-7-16(21)11-14(18)2/h5-11,15H,12H2,1-4H3,(H,22,24). The van der Waals surface area contributed by atoms with Crippen molar-refractivity contribution in [3.8, 4) is 5.75 Å². The van der Waals surface area contributed by atoms with E-state index >= 15 is 0 Å². The maximum absolute atomic E-state index is 12.5. The zero-order valence-electron chi connectivity index (χ0n) is 15.4. The first-order valence-electron chi connectivity index (χ1n) is 8.30. The third-order valence-electron chi connectivity index (χ3n) is 3.88. The first-order chi connectivity index (χ1) is 12.3. The number of nitrogens with zero attached hydrogens (tertiary/aromatic N) is 1. The van der Waals surface area contributed by atoms with Crippen LogP contribution < -0.4 is 10.1 Å². The normalized spacial score (nSPS) is 11.6. The number of anilines is 1. The van der Waals surface area contributed by atoms with Crippen molar-refractivity contribution in [2.45, 2.75) is 26.9 Å². The van der Waals surface area contributed by atoms with Gasteiger partial charge in [-0.05, 0) is 56.7 Å². The van der Waals surface area contributed by atoms with E-state index in [1.54, 1.807) is 32.2 Å². The molecule has 0 aliphatic rings. The van der Waals surface area contributed by atoms with Gasteiger partial charge in [0.1, 0.15) is 5.75 Å². The van der Waals surface area contributed by atoms with E-state index < -0.39 is 6.10 Å². The number of aryl methyl sites for hydroxylation is 2. The average molecular weight is 375 g/mol. The summed E-state index contributed by atoms with van der Waals surface area (Å²) in [6.07, 6.45) is -0.716. The van der Waals surface area contributed by atoms with Crippen LogP contribution in [0, 0.1) is 13.8 Å². The molecule has 0 radical (unpaired) electrons. The second-order valence-electron chi connectivity index (χ2n) is 6.28. The molecule has 1 unspecified atom stereocenters. The van der Waals surface area contributed by atoms with E-state index in [-0.39, 0.29) is 18.4 Å². The zero-order valence-corrected chi connectivity index (χ0v) is 16.1. The molecule has 0 saturated carbocycles. The Labute approximate surface area is 158 Å². The lowest BCUT2D eigenvalue weighted by molar-refractivity contribution is -0.139. The Balaban J connectivity index is 1.91. The van der Waals surface area contributed by atoms with Gasteiger partial charge in [-0.25, -0.2) is 0 Å². The highest BCUT2D eigenvalue weighted by atomic mass is 35.5. The number of hydrogen-bond acceptors (Lipinski definition) is 3. The van der Waals surface area contributed by atoms with Gasteiger partial charge < -0.3 is 15.0 Å². The molecule has 0 aromatic heterocycles. The Morgan fingerprint density at radius 3 is 2.42 bits per heavy atom. The van der Waals surface area contributed by atoms with Gasteiger partial charge in [0.2, 0.25) is 5.91 Å². The van der Waals surface area contributed by atoms with Gasteiger partial charge in [-0.15, -0.1) is 0 Å². The Morgan fingerprint density at radius 1 is 1.15 bits per heavy atom. The van der Waals surface area contributed by atoms with Crippen LogP contribution in [0.15, 0.2) is 42.5 Å². The highest BCUT2D eigenvalue weighted by molar-refractivity contribution is 6.30. The number of rotatable bonds is 6. The van der Waals surface area contributed by atoms with Crippen molar-refractivity contribution in [1.29, 1.82) is 0 Å². The predicted molar refractivity (Wildman–Crippen MR) is 104 cm³/mol. The molecule has 0 saturated heterocycles. The summed E-state index contributed by atoms with van der Waals surface area (Å²) in [4.78, 5) is 25.9. The number of amides is 2. The maximum Gasteiger partial charge on any atom is 0.263 e. The molecule has 1 atom stereocenters. The summed E-state index contributed by atoms with van der Waals surface area (Å²) in [5, 5.41) is 3.38. The van der Waals surface area contributed by atoms with Crippen molar-refractivity contribution in [1.82, 2.24) is 4.90 Å². The van der Waals surface area contributed by atoms with Crippen LogP contribution in [-0.4, -0.2) is 36.4 Å². The van der Waals surface area contributed by atoms with E-state index in [2.05, 4.69) is 5.32 Å². The predicted octanol–water partition coefficient (Wildman–Crippen LogP) is 3.82. The number of nitrogens with one attached hydrogen (secondary N) is 1. The molecular weight excluding hydrogens is 352 g/mol. The number of carbonyl (C=O) groups excluding carboxylic acids is 2. The van der Waals surface area contributed by atoms with E-state index in [9.17, 15) is 9.59 Å². The SMILES string of the molecule is Cc1ccc(NC(=O)CN(C)C(=O)C(C)Oc2ccc(Cl)cc2C)cc1. The summed E-state index contributed by atoms with van der Waals surface area (Å²) in [5.74, 6) is 0.0470. The Hall–Kier alpha value is -2.53. The average Bonchev–Trinajstić information content (AvgIpc) is 2.58. The van der Waals surface area contributed by atoms with Crippen LogP contribution in [-0.2, 0) is 9.59 Å².